The van der Waals surface area contributed by atoms with Gasteiger partial charge >= 0.3 is 0 Å². The van der Waals surface area contributed by atoms with E-state index in [1.54, 1.807) is 0 Å². The van der Waals surface area contributed by atoms with E-state index in [0.717, 1.165) is 38.0 Å². The summed E-state index contributed by atoms with van der Waals surface area (Å²) in [4.78, 5) is 0. The highest BCUT2D eigenvalue weighted by molar-refractivity contribution is 5.09. The molecule has 0 saturated heterocycles. The second kappa shape index (κ2) is 5.87. The Bertz CT molecular complexity index is 283. The molecule has 0 aromatic heterocycles. The van der Waals surface area contributed by atoms with Crippen LogP contribution < -0.4 is 0 Å². The molecule has 1 rings (SSSR count). The minimum atomic E-state index is -0.765. The van der Waals surface area contributed by atoms with Crippen molar-refractivity contribution in [2.24, 2.45) is 11.3 Å². The summed E-state index contributed by atoms with van der Waals surface area (Å²) in [6, 6.07) is 2.36. The molecule has 1 N–H and O–H groups in total. The number of hydrogen-bond acceptors (Lipinski definition) is 2. The molecular weight excluding hydrogens is 210 g/mol. The quantitative estimate of drug-likeness (QED) is 0.750. The molecular formula is C15H27NO. The van der Waals surface area contributed by atoms with Gasteiger partial charge in [-0.2, -0.15) is 5.26 Å². The fourth-order valence-corrected chi connectivity index (χ4v) is 3.16. The van der Waals surface area contributed by atoms with Crippen molar-refractivity contribution < 1.29 is 5.11 Å². The first-order valence-electron chi connectivity index (χ1n) is 7.15. The summed E-state index contributed by atoms with van der Waals surface area (Å²) in [7, 11) is 0. The SMILES string of the molecule is CCCC1CCCC(O)(C(C)(C#N)CC)CC1. The van der Waals surface area contributed by atoms with E-state index in [1.165, 1.54) is 19.3 Å². The van der Waals surface area contributed by atoms with Crippen molar-refractivity contribution in [3.63, 3.8) is 0 Å². The van der Waals surface area contributed by atoms with Gasteiger partial charge in [-0.05, 0) is 38.5 Å². The molecule has 17 heavy (non-hydrogen) atoms. The summed E-state index contributed by atoms with van der Waals surface area (Å²) in [5, 5.41) is 20.2. The molecule has 3 unspecified atom stereocenters. The Kier molecular flexibility index (Phi) is 5.01. The Labute approximate surface area is 106 Å². The predicted octanol–water partition coefficient (Wildman–Crippen LogP) is 4.04. The average Bonchev–Trinajstić information content (AvgIpc) is 2.52. The highest BCUT2D eigenvalue weighted by Gasteiger charge is 2.46. The fourth-order valence-electron chi connectivity index (χ4n) is 3.16. The molecule has 3 atom stereocenters. The number of hydrogen-bond donors (Lipinski definition) is 1. The molecule has 1 saturated carbocycles. The van der Waals surface area contributed by atoms with E-state index in [9.17, 15) is 10.4 Å². The van der Waals surface area contributed by atoms with Gasteiger partial charge in [0.15, 0.2) is 0 Å². The van der Waals surface area contributed by atoms with E-state index < -0.39 is 11.0 Å². The third-order valence-electron chi connectivity index (χ3n) is 4.85. The van der Waals surface area contributed by atoms with Crippen LogP contribution in [0.4, 0.5) is 0 Å². The summed E-state index contributed by atoms with van der Waals surface area (Å²) in [6.45, 7) is 6.16. The Balaban J connectivity index is 2.75. The average molecular weight is 237 g/mol. The van der Waals surface area contributed by atoms with Gasteiger partial charge in [0.05, 0.1) is 17.1 Å². The first kappa shape index (κ1) is 14.5. The van der Waals surface area contributed by atoms with E-state index in [0.29, 0.717) is 0 Å². The highest BCUT2D eigenvalue weighted by atomic mass is 16.3. The van der Waals surface area contributed by atoms with Gasteiger partial charge < -0.3 is 5.11 Å². The van der Waals surface area contributed by atoms with Crippen LogP contribution in [0.15, 0.2) is 0 Å². The first-order valence-corrected chi connectivity index (χ1v) is 7.15. The van der Waals surface area contributed by atoms with Gasteiger partial charge in [0.25, 0.3) is 0 Å². The van der Waals surface area contributed by atoms with Crippen LogP contribution in [0.1, 0.15) is 72.1 Å². The Hall–Kier alpha value is -0.550. The zero-order valence-electron chi connectivity index (χ0n) is 11.6. The van der Waals surface area contributed by atoms with Gasteiger partial charge in [0.1, 0.15) is 0 Å². The maximum absolute atomic E-state index is 10.8. The van der Waals surface area contributed by atoms with Crippen LogP contribution in [0.3, 0.4) is 0 Å². The maximum Gasteiger partial charge on any atom is 0.0830 e. The molecule has 0 spiro atoms. The van der Waals surface area contributed by atoms with E-state index in [-0.39, 0.29) is 0 Å². The maximum atomic E-state index is 10.8. The van der Waals surface area contributed by atoms with E-state index >= 15 is 0 Å². The second-order valence-corrected chi connectivity index (χ2v) is 5.91. The van der Waals surface area contributed by atoms with Gasteiger partial charge in [0.2, 0.25) is 0 Å². The van der Waals surface area contributed by atoms with Crippen LogP contribution in [-0.2, 0) is 0 Å². The van der Waals surface area contributed by atoms with Gasteiger partial charge in [-0.15, -0.1) is 0 Å². The Morgan fingerprint density at radius 1 is 1.35 bits per heavy atom. The molecule has 0 aromatic rings. The second-order valence-electron chi connectivity index (χ2n) is 5.91. The monoisotopic (exact) mass is 237 g/mol. The molecule has 2 nitrogen and oxygen atoms in total. The number of aliphatic hydroxyl groups is 1. The zero-order chi connectivity index (χ0) is 12.9. The third-order valence-corrected chi connectivity index (χ3v) is 4.85. The lowest BCUT2D eigenvalue weighted by Crippen LogP contribution is -2.45. The third kappa shape index (κ3) is 3.01. The Morgan fingerprint density at radius 3 is 2.59 bits per heavy atom. The highest BCUT2D eigenvalue weighted by Crippen LogP contribution is 2.44. The normalized spacial score (nSPS) is 33.5. The van der Waals surface area contributed by atoms with Crippen LogP contribution in [0.5, 0.6) is 0 Å². The molecule has 0 bridgehead atoms. The minimum absolute atomic E-state index is 0.575. The molecule has 98 valence electrons. The lowest BCUT2D eigenvalue weighted by Gasteiger charge is -2.39. The summed E-state index contributed by atoms with van der Waals surface area (Å²) >= 11 is 0. The summed E-state index contributed by atoms with van der Waals surface area (Å²) in [5.41, 5.74) is -1.34. The van der Waals surface area contributed by atoms with Gasteiger partial charge in [-0.3, -0.25) is 0 Å². The molecule has 2 heteroatoms. The van der Waals surface area contributed by atoms with Gasteiger partial charge in [0, 0.05) is 0 Å². The molecule has 0 radical (unpaired) electrons. The smallest absolute Gasteiger partial charge is 0.0830 e. The first-order chi connectivity index (χ1) is 8.01. The van der Waals surface area contributed by atoms with Crippen molar-refractivity contribution in [1.82, 2.24) is 0 Å². The van der Waals surface area contributed by atoms with Crippen molar-refractivity contribution >= 4 is 0 Å². The van der Waals surface area contributed by atoms with Crippen molar-refractivity contribution in [3.8, 4) is 6.07 Å². The molecule has 1 aliphatic carbocycles. The number of nitriles is 1. The van der Waals surface area contributed by atoms with E-state index in [2.05, 4.69) is 13.0 Å². The number of rotatable bonds is 4. The van der Waals surface area contributed by atoms with Crippen LogP contribution in [-0.4, -0.2) is 10.7 Å². The van der Waals surface area contributed by atoms with Crippen molar-refractivity contribution in [2.75, 3.05) is 0 Å². The molecule has 0 heterocycles. The molecule has 0 amide bonds. The number of nitrogens with zero attached hydrogens (tertiary/aromatic N) is 1. The summed E-state index contributed by atoms with van der Waals surface area (Å²) < 4.78 is 0. The summed E-state index contributed by atoms with van der Waals surface area (Å²) in [6.07, 6.45) is 8.21. The predicted molar refractivity (Wildman–Crippen MR) is 70.4 cm³/mol. The van der Waals surface area contributed by atoms with Gasteiger partial charge in [-0.25, -0.2) is 0 Å². The van der Waals surface area contributed by atoms with E-state index in [4.69, 9.17) is 0 Å². The molecule has 0 aliphatic heterocycles. The topological polar surface area (TPSA) is 44.0 Å². The van der Waals surface area contributed by atoms with Crippen molar-refractivity contribution in [1.29, 1.82) is 5.26 Å². The minimum Gasteiger partial charge on any atom is -0.388 e. The summed E-state index contributed by atoms with van der Waals surface area (Å²) in [5.74, 6) is 0.758. The fraction of sp³-hybridized carbons (Fsp3) is 0.933. The van der Waals surface area contributed by atoms with Crippen LogP contribution in [0.2, 0.25) is 0 Å². The van der Waals surface area contributed by atoms with Crippen molar-refractivity contribution in [3.05, 3.63) is 0 Å². The lowest BCUT2D eigenvalue weighted by molar-refractivity contribution is -0.0618. The van der Waals surface area contributed by atoms with Gasteiger partial charge in [-0.1, -0.05) is 39.5 Å². The van der Waals surface area contributed by atoms with E-state index in [1.807, 2.05) is 13.8 Å². The standard InChI is InChI=1S/C15H27NO/c1-4-7-13-8-6-10-15(17,11-9-13)14(3,5-2)12-16/h13,17H,4-11H2,1-3H3. The Morgan fingerprint density at radius 2 is 2.06 bits per heavy atom. The van der Waals surface area contributed by atoms with Crippen LogP contribution in [0, 0.1) is 22.7 Å². The van der Waals surface area contributed by atoms with Crippen LogP contribution >= 0.6 is 0 Å². The largest absolute Gasteiger partial charge is 0.388 e. The lowest BCUT2D eigenvalue weighted by atomic mass is 9.68. The van der Waals surface area contributed by atoms with Crippen LogP contribution in [0.25, 0.3) is 0 Å². The molecule has 0 aromatic carbocycles. The molecule has 1 fully saturated rings. The van der Waals surface area contributed by atoms with Crippen molar-refractivity contribution in [2.45, 2.75) is 77.7 Å². The molecule has 1 aliphatic rings. The zero-order valence-corrected chi connectivity index (χ0v) is 11.6.